The van der Waals surface area contributed by atoms with E-state index < -0.39 is 5.69 Å². The van der Waals surface area contributed by atoms with Gasteiger partial charge >= 0.3 is 5.69 Å². The first-order valence-corrected chi connectivity index (χ1v) is 11.2. The van der Waals surface area contributed by atoms with Crippen LogP contribution in [-0.4, -0.2) is 29.2 Å². The minimum Gasteiger partial charge on any atom is -0.496 e. The third kappa shape index (κ3) is 3.38. The molecule has 1 saturated heterocycles. The highest BCUT2D eigenvalue weighted by Gasteiger charge is 2.40. The molecule has 0 bridgehead atoms. The Bertz CT molecular complexity index is 1450. The lowest BCUT2D eigenvalue weighted by molar-refractivity contribution is 0.370. The van der Waals surface area contributed by atoms with Crippen LogP contribution in [0.25, 0.3) is 22.1 Å². The summed E-state index contributed by atoms with van der Waals surface area (Å²) in [6.45, 7) is 1.29. The van der Waals surface area contributed by atoms with Crippen LogP contribution < -0.4 is 21.3 Å². The van der Waals surface area contributed by atoms with E-state index >= 15 is 0 Å². The highest BCUT2D eigenvalue weighted by molar-refractivity contribution is 6.01. The molecule has 172 valence electrons. The number of aromatic amines is 1. The second kappa shape index (κ2) is 8.39. The predicted molar refractivity (Wildman–Crippen MR) is 130 cm³/mol. The van der Waals surface area contributed by atoms with E-state index in [9.17, 15) is 9.59 Å². The summed E-state index contributed by atoms with van der Waals surface area (Å²) in [5.41, 5.74) is 3.14. The van der Waals surface area contributed by atoms with Gasteiger partial charge in [-0.15, -0.1) is 12.4 Å². The highest BCUT2D eigenvalue weighted by Crippen LogP contribution is 2.45. The maximum Gasteiger partial charge on any atom is 0.329 e. The quantitative estimate of drug-likeness (QED) is 0.479. The zero-order valence-corrected chi connectivity index (χ0v) is 19.1. The van der Waals surface area contributed by atoms with Crippen molar-refractivity contribution < 1.29 is 9.15 Å². The summed E-state index contributed by atoms with van der Waals surface area (Å²) in [6.07, 6.45) is 2.83. The fraction of sp³-hybridized carbons (Fsp3) is 0.360. The molecule has 2 N–H and O–H groups in total. The van der Waals surface area contributed by atoms with Crippen molar-refractivity contribution in [3.63, 3.8) is 0 Å². The standard InChI is InChI=1S/C25H25N3O4.ClH/c1-31-19-8-4-6-16-15(19)10-9-14-13-26-18(21(14)16)11-12-28-24(29)23-22(27-25(28)30)17-5-2-3-7-20(17)32-23;/h2-8,14,18,21,26H,9-13H2,1H3,(H,27,30);1H. The van der Waals surface area contributed by atoms with Crippen molar-refractivity contribution in [3.8, 4) is 5.75 Å². The summed E-state index contributed by atoms with van der Waals surface area (Å²) in [6, 6.07) is 13.8. The van der Waals surface area contributed by atoms with Crippen LogP contribution in [0.3, 0.4) is 0 Å². The van der Waals surface area contributed by atoms with E-state index in [1.165, 1.54) is 15.7 Å². The number of H-pyrrole nitrogens is 1. The second-order valence-corrected chi connectivity index (χ2v) is 8.85. The van der Waals surface area contributed by atoms with Gasteiger partial charge in [-0.05, 0) is 61.1 Å². The molecule has 33 heavy (non-hydrogen) atoms. The number of fused-ring (bicyclic) bond motifs is 6. The molecule has 1 aliphatic carbocycles. The normalized spacial score (nSPS) is 21.5. The fourth-order valence-electron chi connectivity index (χ4n) is 5.78. The minimum atomic E-state index is -0.394. The van der Waals surface area contributed by atoms with Crippen LogP contribution >= 0.6 is 12.4 Å². The van der Waals surface area contributed by atoms with E-state index in [-0.39, 0.29) is 29.6 Å². The molecule has 1 fully saturated rings. The number of benzene rings is 2. The summed E-state index contributed by atoms with van der Waals surface area (Å²) in [5.74, 6) is 1.88. The molecule has 4 aromatic rings. The van der Waals surface area contributed by atoms with E-state index in [0.29, 0.717) is 35.9 Å². The third-order valence-electron chi connectivity index (χ3n) is 7.27. The number of nitrogens with zero attached hydrogens (tertiary/aromatic N) is 1. The SMILES string of the molecule is COc1cccc2c1CCC1CNC(CCn3c(=O)[nH]c4c(oc5ccccc54)c3=O)C21.Cl. The van der Waals surface area contributed by atoms with Crippen LogP contribution in [0, 0.1) is 5.92 Å². The van der Waals surface area contributed by atoms with Gasteiger partial charge in [0.15, 0.2) is 0 Å². The van der Waals surface area contributed by atoms with E-state index in [2.05, 4.69) is 22.4 Å². The molecule has 7 nitrogen and oxygen atoms in total. The van der Waals surface area contributed by atoms with Gasteiger partial charge in [0.25, 0.3) is 5.56 Å². The number of hydrogen-bond donors (Lipinski definition) is 2. The van der Waals surface area contributed by atoms with Gasteiger partial charge in [0.05, 0.1) is 7.11 Å². The van der Waals surface area contributed by atoms with Gasteiger partial charge in [-0.25, -0.2) is 4.79 Å². The molecule has 6 rings (SSSR count). The molecular formula is C25H26ClN3O4. The Morgan fingerprint density at radius 1 is 1.15 bits per heavy atom. The lowest BCUT2D eigenvalue weighted by Crippen LogP contribution is -2.37. The largest absolute Gasteiger partial charge is 0.496 e. The highest BCUT2D eigenvalue weighted by atomic mass is 35.5. The maximum atomic E-state index is 13.1. The number of para-hydroxylation sites is 1. The fourth-order valence-corrected chi connectivity index (χ4v) is 5.78. The Morgan fingerprint density at radius 2 is 2.00 bits per heavy atom. The molecule has 0 radical (unpaired) electrons. The molecule has 0 saturated carbocycles. The van der Waals surface area contributed by atoms with Crippen molar-refractivity contribution >= 4 is 34.5 Å². The van der Waals surface area contributed by atoms with Gasteiger partial charge in [-0.1, -0.05) is 24.3 Å². The van der Waals surface area contributed by atoms with Crippen molar-refractivity contribution in [2.45, 2.75) is 37.8 Å². The third-order valence-corrected chi connectivity index (χ3v) is 7.27. The molecule has 0 spiro atoms. The van der Waals surface area contributed by atoms with E-state index in [0.717, 1.165) is 30.5 Å². The van der Waals surface area contributed by atoms with Gasteiger partial charge in [0, 0.05) is 23.9 Å². The molecule has 2 aliphatic rings. The minimum absolute atomic E-state index is 0. The first-order chi connectivity index (χ1) is 15.7. The number of ether oxygens (including phenoxy) is 1. The molecular weight excluding hydrogens is 442 g/mol. The van der Waals surface area contributed by atoms with Crippen molar-refractivity contribution in [2.24, 2.45) is 5.92 Å². The van der Waals surface area contributed by atoms with Crippen LogP contribution in [0.2, 0.25) is 0 Å². The predicted octanol–water partition coefficient (Wildman–Crippen LogP) is 3.57. The lowest BCUT2D eigenvalue weighted by Gasteiger charge is -2.32. The Labute approximate surface area is 196 Å². The average molecular weight is 468 g/mol. The van der Waals surface area contributed by atoms with Crippen molar-refractivity contribution in [3.05, 3.63) is 74.4 Å². The first kappa shape index (κ1) is 21.8. The second-order valence-electron chi connectivity index (χ2n) is 8.85. The summed E-state index contributed by atoms with van der Waals surface area (Å²) in [4.78, 5) is 28.8. The smallest absolute Gasteiger partial charge is 0.329 e. The number of methoxy groups -OCH3 is 1. The topological polar surface area (TPSA) is 89.3 Å². The zero-order valence-electron chi connectivity index (χ0n) is 18.3. The average Bonchev–Trinajstić information content (AvgIpc) is 3.40. The summed E-state index contributed by atoms with van der Waals surface area (Å²) >= 11 is 0. The van der Waals surface area contributed by atoms with Crippen molar-refractivity contribution in [1.29, 1.82) is 0 Å². The number of furan rings is 1. The molecule has 0 amide bonds. The summed E-state index contributed by atoms with van der Waals surface area (Å²) in [5, 5.41) is 4.40. The monoisotopic (exact) mass is 467 g/mol. The molecule has 1 aliphatic heterocycles. The molecule has 2 aromatic carbocycles. The number of nitrogens with one attached hydrogen (secondary N) is 2. The van der Waals surface area contributed by atoms with Gasteiger partial charge in [0.1, 0.15) is 16.8 Å². The van der Waals surface area contributed by atoms with Gasteiger partial charge in [0.2, 0.25) is 5.58 Å². The molecule has 2 aromatic heterocycles. The Balaban J connectivity index is 0.00000228. The number of rotatable bonds is 4. The number of hydrogen-bond acceptors (Lipinski definition) is 5. The van der Waals surface area contributed by atoms with Crippen molar-refractivity contribution in [2.75, 3.05) is 13.7 Å². The molecule has 3 atom stereocenters. The lowest BCUT2D eigenvalue weighted by atomic mass is 9.73. The van der Waals surface area contributed by atoms with Crippen LogP contribution in [-0.2, 0) is 13.0 Å². The van der Waals surface area contributed by atoms with Gasteiger partial charge < -0.3 is 19.5 Å². The van der Waals surface area contributed by atoms with Crippen LogP contribution in [0.1, 0.15) is 29.9 Å². The number of halogens is 1. The number of aromatic nitrogens is 2. The Hall–Kier alpha value is -3.03. The van der Waals surface area contributed by atoms with E-state index in [1.54, 1.807) is 13.2 Å². The van der Waals surface area contributed by atoms with Crippen LogP contribution in [0.4, 0.5) is 0 Å². The van der Waals surface area contributed by atoms with Gasteiger partial charge in [-0.2, -0.15) is 0 Å². The Morgan fingerprint density at radius 3 is 2.85 bits per heavy atom. The summed E-state index contributed by atoms with van der Waals surface area (Å²) < 4.78 is 12.6. The van der Waals surface area contributed by atoms with Crippen molar-refractivity contribution in [1.82, 2.24) is 14.9 Å². The Kier molecular flexibility index (Phi) is 5.54. The van der Waals surface area contributed by atoms with Crippen LogP contribution in [0.15, 0.2) is 56.5 Å². The van der Waals surface area contributed by atoms with Gasteiger partial charge in [-0.3, -0.25) is 9.36 Å². The molecule has 3 unspecified atom stereocenters. The molecule has 8 heteroatoms. The van der Waals surface area contributed by atoms with Crippen LogP contribution in [0.5, 0.6) is 5.75 Å². The maximum absolute atomic E-state index is 13.1. The van der Waals surface area contributed by atoms with E-state index in [4.69, 9.17) is 9.15 Å². The first-order valence-electron chi connectivity index (χ1n) is 11.2. The summed E-state index contributed by atoms with van der Waals surface area (Å²) in [7, 11) is 1.72. The zero-order chi connectivity index (χ0) is 21.8. The van der Waals surface area contributed by atoms with E-state index in [1.807, 2.05) is 24.3 Å². The molecule has 3 heterocycles.